The summed E-state index contributed by atoms with van der Waals surface area (Å²) in [4.78, 5) is 24.0. The highest BCUT2D eigenvalue weighted by molar-refractivity contribution is 7.07. The molecule has 2 N–H and O–H groups in total. The summed E-state index contributed by atoms with van der Waals surface area (Å²) < 4.78 is 5.20. The largest absolute Gasteiger partial charge is 0.444 e. The molecule has 0 saturated heterocycles. The molecule has 0 atom stereocenters. The van der Waals surface area contributed by atoms with Crippen LogP contribution in [0.4, 0.5) is 10.5 Å². The molecule has 6 heteroatoms. The Morgan fingerprint density at radius 2 is 2.00 bits per heavy atom. The molecule has 24 heavy (non-hydrogen) atoms. The van der Waals surface area contributed by atoms with Gasteiger partial charge < -0.3 is 10.1 Å². The first-order chi connectivity index (χ1) is 11.3. The quantitative estimate of drug-likeness (QED) is 0.857. The first-order valence-corrected chi connectivity index (χ1v) is 8.67. The van der Waals surface area contributed by atoms with E-state index in [9.17, 15) is 9.59 Å². The Morgan fingerprint density at radius 1 is 1.21 bits per heavy atom. The van der Waals surface area contributed by atoms with E-state index in [2.05, 4.69) is 16.0 Å². The standard InChI is InChI=1S/C18H22N2O3S/c1-18(2,3)23-17(22)20-15-6-4-5-14(11-15)16(21)19-9-7-13-8-10-24-12-13/h4-6,8,10-12H,7,9H2,1-3H3,(H,19,21)(H,20,22). The predicted molar refractivity (Wildman–Crippen MR) is 96.7 cm³/mol. The van der Waals surface area contributed by atoms with Crippen LogP contribution in [0.1, 0.15) is 36.7 Å². The van der Waals surface area contributed by atoms with Crippen molar-refractivity contribution in [1.29, 1.82) is 0 Å². The molecule has 0 aliphatic heterocycles. The van der Waals surface area contributed by atoms with Crippen LogP contribution in [0.2, 0.25) is 0 Å². The Kier molecular flexibility index (Phi) is 5.98. The zero-order chi connectivity index (χ0) is 17.6. The van der Waals surface area contributed by atoms with Crippen molar-refractivity contribution >= 4 is 29.0 Å². The molecule has 0 fully saturated rings. The fourth-order valence-corrected chi connectivity index (χ4v) is 2.72. The number of amides is 2. The van der Waals surface area contributed by atoms with Crippen molar-refractivity contribution in [2.24, 2.45) is 0 Å². The normalized spacial score (nSPS) is 11.0. The number of carbonyl (C=O) groups is 2. The van der Waals surface area contributed by atoms with Crippen LogP contribution in [0.3, 0.4) is 0 Å². The first-order valence-electron chi connectivity index (χ1n) is 7.73. The van der Waals surface area contributed by atoms with Crippen molar-refractivity contribution < 1.29 is 14.3 Å². The molecule has 0 spiro atoms. The molecule has 5 nitrogen and oxygen atoms in total. The second kappa shape index (κ2) is 7.97. The summed E-state index contributed by atoms with van der Waals surface area (Å²) in [5.74, 6) is -0.168. The van der Waals surface area contributed by atoms with Crippen LogP contribution in [-0.4, -0.2) is 24.1 Å². The van der Waals surface area contributed by atoms with Crippen LogP contribution in [0.5, 0.6) is 0 Å². The van der Waals surface area contributed by atoms with Crippen molar-refractivity contribution in [2.45, 2.75) is 32.8 Å². The molecule has 0 aliphatic carbocycles. The molecule has 1 heterocycles. The summed E-state index contributed by atoms with van der Waals surface area (Å²) in [5, 5.41) is 9.59. The van der Waals surface area contributed by atoms with Crippen LogP contribution in [0, 0.1) is 0 Å². The van der Waals surface area contributed by atoms with E-state index in [-0.39, 0.29) is 5.91 Å². The molecule has 2 amide bonds. The third kappa shape index (κ3) is 6.04. The number of rotatable bonds is 5. The SMILES string of the molecule is CC(C)(C)OC(=O)Nc1cccc(C(=O)NCCc2ccsc2)c1. The molecule has 0 unspecified atom stereocenters. The van der Waals surface area contributed by atoms with E-state index in [1.807, 2.05) is 11.4 Å². The number of hydrogen-bond donors (Lipinski definition) is 2. The predicted octanol–water partition coefficient (Wildman–Crippen LogP) is 4.07. The molecule has 2 rings (SSSR count). The second-order valence-corrected chi connectivity index (χ2v) is 7.13. The average Bonchev–Trinajstić information content (AvgIpc) is 2.98. The number of ether oxygens (including phenoxy) is 1. The highest BCUT2D eigenvalue weighted by atomic mass is 32.1. The van der Waals surface area contributed by atoms with Gasteiger partial charge in [0.05, 0.1) is 0 Å². The molecule has 0 aliphatic rings. The van der Waals surface area contributed by atoms with Crippen LogP contribution in [0.25, 0.3) is 0 Å². The van der Waals surface area contributed by atoms with Crippen LogP contribution in [0.15, 0.2) is 41.1 Å². The van der Waals surface area contributed by atoms with E-state index in [0.717, 1.165) is 6.42 Å². The van der Waals surface area contributed by atoms with Gasteiger partial charge >= 0.3 is 6.09 Å². The van der Waals surface area contributed by atoms with Gasteiger partial charge in [0.15, 0.2) is 0 Å². The van der Waals surface area contributed by atoms with Crippen molar-refractivity contribution in [3.63, 3.8) is 0 Å². The maximum atomic E-state index is 12.2. The number of carbonyl (C=O) groups excluding carboxylic acids is 2. The summed E-state index contributed by atoms with van der Waals surface area (Å²) in [5.41, 5.74) is 1.66. The number of anilines is 1. The monoisotopic (exact) mass is 346 g/mol. The van der Waals surface area contributed by atoms with E-state index < -0.39 is 11.7 Å². The summed E-state index contributed by atoms with van der Waals surface area (Å²) in [6.45, 7) is 5.96. The van der Waals surface area contributed by atoms with Crippen molar-refractivity contribution in [1.82, 2.24) is 5.32 Å². The van der Waals surface area contributed by atoms with Gasteiger partial charge in [0.25, 0.3) is 5.91 Å². The Bertz CT molecular complexity index is 691. The lowest BCUT2D eigenvalue weighted by Crippen LogP contribution is -2.28. The smallest absolute Gasteiger partial charge is 0.412 e. The minimum atomic E-state index is -0.569. The molecule has 128 valence electrons. The zero-order valence-electron chi connectivity index (χ0n) is 14.1. The molecule has 0 saturated carbocycles. The summed E-state index contributed by atoms with van der Waals surface area (Å²) in [6.07, 6.45) is 0.253. The summed E-state index contributed by atoms with van der Waals surface area (Å²) in [6, 6.07) is 8.82. The third-order valence-corrected chi connectivity index (χ3v) is 3.78. The highest BCUT2D eigenvalue weighted by Crippen LogP contribution is 2.14. The molecule has 1 aromatic heterocycles. The minimum Gasteiger partial charge on any atom is -0.444 e. The zero-order valence-corrected chi connectivity index (χ0v) is 14.9. The molecule has 2 aromatic rings. The lowest BCUT2D eigenvalue weighted by molar-refractivity contribution is 0.0635. The van der Waals surface area contributed by atoms with Gasteiger partial charge in [0.1, 0.15) is 5.60 Å². The van der Waals surface area contributed by atoms with E-state index in [1.54, 1.807) is 56.4 Å². The van der Waals surface area contributed by atoms with Crippen molar-refractivity contribution in [2.75, 3.05) is 11.9 Å². The number of nitrogens with one attached hydrogen (secondary N) is 2. The number of benzene rings is 1. The number of hydrogen-bond acceptors (Lipinski definition) is 4. The van der Waals surface area contributed by atoms with Gasteiger partial charge in [-0.1, -0.05) is 6.07 Å². The van der Waals surface area contributed by atoms with Crippen molar-refractivity contribution in [3.05, 3.63) is 52.2 Å². The Hall–Kier alpha value is -2.34. The minimum absolute atomic E-state index is 0.168. The molecule has 1 aromatic carbocycles. The molecule has 0 radical (unpaired) electrons. The Morgan fingerprint density at radius 3 is 2.67 bits per heavy atom. The van der Waals surface area contributed by atoms with Gasteiger partial charge in [-0.2, -0.15) is 11.3 Å². The van der Waals surface area contributed by atoms with Crippen LogP contribution in [-0.2, 0) is 11.2 Å². The van der Waals surface area contributed by atoms with Gasteiger partial charge in [0.2, 0.25) is 0 Å². The Balaban J connectivity index is 1.89. The first kappa shape index (κ1) is 18.0. The average molecular weight is 346 g/mol. The van der Waals surface area contributed by atoms with Crippen LogP contribution < -0.4 is 10.6 Å². The Labute approximate surface area is 146 Å². The fraction of sp³-hybridized carbons (Fsp3) is 0.333. The maximum absolute atomic E-state index is 12.2. The maximum Gasteiger partial charge on any atom is 0.412 e. The van der Waals surface area contributed by atoms with Gasteiger partial charge in [0, 0.05) is 17.8 Å². The van der Waals surface area contributed by atoms with Crippen molar-refractivity contribution in [3.8, 4) is 0 Å². The topological polar surface area (TPSA) is 67.4 Å². The van der Waals surface area contributed by atoms with E-state index >= 15 is 0 Å². The summed E-state index contributed by atoms with van der Waals surface area (Å²) >= 11 is 1.64. The van der Waals surface area contributed by atoms with Gasteiger partial charge in [-0.3, -0.25) is 10.1 Å². The lowest BCUT2D eigenvalue weighted by Gasteiger charge is -2.19. The van der Waals surface area contributed by atoms with E-state index in [4.69, 9.17) is 4.74 Å². The van der Waals surface area contributed by atoms with E-state index in [0.29, 0.717) is 17.8 Å². The van der Waals surface area contributed by atoms with E-state index in [1.165, 1.54) is 5.56 Å². The molecular formula is C18H22N2O3S. The number of thiophene rings is 1. The molecular weight excluding hydrogens is 324 g/mol. The highest BCUT2D eigenvalue weighted by Gasteiger charge is 2.16. The van der Waals surface area contributed by atoms with Crippen LogP contribution >= 0.6 is 11.3 Å². The van der Waals surface area contributed by atoms with Gasteiger partial charge in [-0.15, -0.1) is 0 Å². The fourth-order valence-electron chi connectivity index (χ4n) is 2.02. The summed E-state index contributed by atoms with van der Waals surface area (Å²) in [7, 11) is 0. The third-order valence-electron chi connectivity index (χ3n) is 3.05. The molecule has 0 bridgehead atoms. The van der Waals surface area contributed by atoms with Gasteiger partial charge in [-0.05, 0) is 67.8 Å². The van der Waals surface area contributed by atoms with Gasteiger partial charge in [-0.25, -0.2) is 4.79 Å². The second-order valence-electron chi connectivity index (χ2n) is 6.35. The lowest BCUT2D eigenvalue weighted by atomic mass is 10.2.